The first-order valence-electron chi connectivity index (χ1n) is 9.93. The van der Waals surface area contributed by atoms with E-state index in [1.165, 1.54) is 6.07 Å². The summed E-state index contributed by atoms with van der Waals surface area (Å²) in [7, 11) is -0.874. The minimum atomic E-state index is -0.874. The number of aryl methyl sites for hydroxylation is 1. The van der Waals surface area contributed by atoms with Crippen LogP contribution in [0.15, 0.2) is 60.7 Å². The zero-order valence-electron chi connectivity index (χ0n) is 17.0. The number of nitrogens with one attached hydrogen (secondary N) is 1. The molecule has 3 aromatic carbocycles. The number of ketones is 1. The summed E-state index contributed by atoms with van der Waals surface area (Å²) in [4.78, 5) is 23.1. The van der Waals surface area contributed by atoms with Crippen molar-refractivity contribution in [1.29, 1.82) is 0 Å². The van der Waals surface area contributed by atoms with Crippen LogP contribution in [0, 0.1) is 17.0 Å². The molecular weight excluding hydrogens is 395 g/mol. The lowest BCUT2D eigenvalue weighted by Crippen LogP contribution is -2.28. The number of carbonyl (C=O) groups excluding carboxylic acids is 1. The molecule has 0 atom stereocenters. The Kier molecular flexibility index (Phi) is 5.84. The summed E-state index contributed by atoms with van der Waals surface area (Å²) in [5.41, 5.74) is 5.62. The van der Waals surface area contributed by atoms with Crippen molar-refractivity contribution in [3.63, 3.8) is 0 Å². The Morgan fingerprint density at radius 3 is 2.58 bits per heavy atom. The van der Waals surface area contributed by atoms with Gasteiger partial charge in [0.05, 0.1) is 11.5 Å². The monoisotopic (exact) mass is 416 g/mol. The lowest BCUT2D eigenvalue weighted by molar-refractivity contribution is -0.385. The van der Waals surface area contributed by atoms with E-state index >= 15 is 0 Å². The fourth-order valence-electron chi connectivity index (χ4n) is 3.66. The van der Waals surface area contributed by atoms with E-state index in [0.29, 0.717) is 24.3 Å². The number of fused-ring (bicyclic) bond motifs is 1. The Bertz CT molecular complexity index is 1150. The van der Waals surface area contributed by atoms with Crippen molar-refractivity contribution in [1.82, 2.24) is 0 Å². The summed E-state index contributed by atoms with van der Waals surface area (Å²) in [6.07, 6.45) is 0.190. The van der Waals surface area contributed by atoms with Gasteiger partial charge in [-0.25, -0.2) is 0 Å². The van der Waals surface area contributed by atoms with E-state index in [9.17, 15) is 19.9 Å². The summed E-state index contributed by atoms with van der Waals surface area (Å²) >= 11 is 0. The number of nitrogens with zero attached hydrogens (tertiary/aromatic N) is 1. The molecule has 0 radical (unpaired) electrons. The van der Waals surface area contributed by atoms with Crippen LogP contribution in [0.4, 0.5) is 11.4 Å². The van der Waals surface area contributed by atoms with E-state index in [1.54, 1.807) is 31.2 Å². The number of rotatable bonds is 7. The lowest BCUT2D eigenvalue weighted by Gasteiger charge is -2.09. The third-order valence-electron chi connectivity index (χ3n) is 5.40. The average Bonchev–Trinajstić information content (AvgIpc) is 3.12. The maximum absolute atomic E-state index is 12.6. The summed E-state index contributed by atoms with van der Waals surface area (Å²) in [6, 6.07) is 17.9. The average molecular weight is 416 g/mol. The first-order valence-corrected chi connectivity index (χ1v) is 9.93. The minimum absolute atomic E-state index is 0.0413. The van der Waals surface area contributed by atoms with Crippen LogP contribution in [0.3, 0.4) is 0 Å². The maximum atomic E-state index is 12.6. The van der Waals surface area contributed by atoms with Crippen molar-refractivity contribution >= 4 is 29.7 Å². The molecule has 1 aliphatic rings. The predicted molar refractivity (Wildman–Crippen MR) is 118 cm³/mol. The number of hydrogen-bond donors (Lipinski definition) is 2. The van der Waals surface area contributed by atoms with Crippen molar-refractivity contribution in [2.75, 3.05) is 5.32 Å². The van der Waals surface area contributed by atoms with Gasteiger partial charge in [-0.15, -0.1) is 0 Å². The third kappa shape index (κ3) is 4.65. The highest BCUT2D eigenvalue weighted by atomic mass is 16.6. The van der Waals surface area contributed by atoms with E-state index in [4.69, 9.17) is 4.65 Å². The number of nitro benzene ring substituents is 1. The zero-order chi connectivity index (χ0) is 22.0. The molecule has 0 amide bonds. The molecule has 31 heavy (non-hydrogen) atoms. The second-order valence-corrected chi connectivity index (χ2v) is 7.61. The third-order valence-corrected chi connectivity index (χ3v) is 5.40. The first kappa shape index (κ1) is 20.8. The van der Waals surface area contributed by atoms with Gasteiger partial charge in [0.25, 0.3) is 5.69 Å². The molecule has 2 N–H and O–H groups in total. The molecule has 0 bridgehead atoms. The van der Waals surface area contributed by atoms with Crippen LogP contribution in [0.25, 0.3) is 0 Å². The van der Waals surface area contributed by atoms with Gasteiger partial charge < -0.3 is 15.0 Å². The normalized spacial score (nSPS) is 12.5. The first-order chi connectivity index (χ1) is 14.9. The van der Waals surface area contributed by atoms with Crippen molar-refractivity contribution in [2.24, 2.45) is 0 Å². The van der Waals surface area contributed by atoms with Crippen molar-refractivity contribution in [3.05, 3.63) is 98.6 Å². The van der Waals surface area contributed by atoms with Gasteiger partial charge in [0.2, 0.25) is 0 Å². The van der Waals surface area contributed by atoms with Crippen molar-refractivity contribution in [3.8, 4) is 0 Å². The standard InChI is InChI=1S/C23H21BN2O5/c1-15-10-17(4-9-22(15)26(29)30)11-23(27)18-5-2-16(3-6-18)13-25-20-8-7-19-14-31-24(28)21(19)12-20/h2-10,12,25,28H,11,13-14H2,1H3. The van der Waals surface area contributed by atoms with E-state index in [2.05, 4.69) is 5.32 Å². The van der Waals surface area contributed by atoms with Crippen LogP contribution >= 0.6 is 0 Å². The smallest absolute Gasteiger partial charge is 0.423 e. The second kappa shape index (κ2) is 8.71. The molecule has 3 aromatic rings. The Morgan fingerprint density at radius 1 is 1.13 bits per heavy atom. The molecule has 7 nitrogen and oxygen atoms in total. The molecule has 0 saturated carbocycles. The summed E-state index contributed by atoms with van der Waals surface area (Å²) in [6.45, 7) is 2.67. The SMILES string of the molecule is Cc1cc(CC(=O)c2ccc(CNc3ccc4c(c3)B(O)OC4)cc2)ccc1[N+](=O)[O-]. The fraction of sp³-hybridized carbons (Fsp3) is 0.174. The van der Waals surface area contributed by atoms with Gasteiger partial charge in [0, 0.05) is 35.8 Å². The Morgan fingerprint density at radius 2 is 1.87 bits per heavy atom. The zero-order valence-corrected chi connectivity index (χ0v) is 17.0. The van der Waals surface area contributed by atoms with Crippen LogP contribution < -0.4 is 10.8 Å². The minimum Gasteiger partial charge on any atom is -0.423 e. The quantitative estimate of drug-likeness (QED) is 0.266. The number of nitro groups is 1. The van der Waals surface area contributed by atoms with Crippen molar-refractivity contribution < 1.29 is 19.4 Å². The molecule has 0 unspecified atom stereocenters. The van der Waals surface area contributed by atoms with Crippen LogP contribution in [0.5, 0.6) is 0 Å². The van der Waals surface area contributed by atoms with E-state index in [0.717, 1.165) is 27.8 Å². The fourth-order valence-corrected chi connectivity index (χ4v) is 3.66. The molecule has 1 heterocycles. The number of hydrogen-bond acceptors (Lipinski definition) is 6. The van der Waals surface area contributed by atoms with Gasteiger partial charge in [-0.3, -0.25) is 14.9 Å². The summed E-state index contributed by atoms with van der Waals surface area (Å²) in [5, 5.41) is 24.1. The number of carbonyl (C=O) groups is 1. The molecule has 0 fully saturated rings. The van der Waals surface area contributed by atoms with E-state index in [1.807, 2.05) is 30.3 Å². The highest BCUT2D eigenvalue weighted by molar-refractivity contribution is 6.61. The molecule has 156 valence electrons. The molecule has 1 aliphatic heterocycles. The molecule has 0 saturated heterocycles. The van der Waals surface area contributed by atoms with Gasteiger partial charge in [-0.2, -0.15) is 0 Å². The molecule has 8 heteroatoms. The van der Waals surface area contributed by atoms with Gasteiger partial charge in [0.15, 0.2) is 5.78 Å². The number of anilines is 1. The van der Waals surface area contributed by atoms with Gasteiger partial charge >= 0.3 is 7.12 Å². The van der Waals surface area contributed by atoms with Crippen LogP contribution in [-0.4, -0.2) is 22.8 Å². The highest BCUT2D eigenvalue weighted by Crippen LogP contribution is 2.20. The summed E-state index contributed by atoms with van der Waals surface area (Å²) < 4.78 is 5.21. The van der Waals surface area contributed by atoms with Crippen molar-refractivity contribution in [2.45, 2.75) is 26.5 Å². The summed E-state index contributed by atoms with van der Waals surface area (Å²) in [5.74, 6) is -0.0413. The largest absolute Gasteiger partial charge is 0.491 e. The molecule has 4 rings (SSSR count). The second-order valence-electron chi connectivity index (χ2n) is 7.61. The van der Waals surface area contributed by atoms with Crippen LogP contribution in [0.1, 0.15) is 32.6 Å². The predicted octanol–water partition coefficient (Wildman–Crippen LogP) is 3.16. The molecule has 0 aromatic heterocycles. The Balaban J connectivity index is 1.37. The van der Waals surface area contributed by atoms with Crippen LogP contribution in [0.2, 0.25) is 0 Å². The molecular formula is C23H21BN2O5. The lowest BCUT2D eigenvalue weighted by atomic mass is 9.79. The van der Waals surface area contributed by atoms with Gasteiger partial charge in [-0.1, -0.05) is 36.4 Å². The number of benzene rings is 3. The maximum Gasteiger partial charge on any atom is 0.491 e. The number of Topliss-reactive ketones (excluding diaryl/α,β-unsaturated/α-hetero) is 1. The Labute approximate surface area is 180 Å². The molecule has 0 aliphatic carbocycles. The highest BCUT2D eigenvalue weighted by Gasteiger charge is 2.27. The van der Waals surface area contributed by atoms with E-state index in [-0.39, 0.29) is 17.9 Å². The van der Waals surface area contributed by atoms with Gasteiger partial charge in [0.1, 0.15) is 0 Å². The Hall–Kier alpha value is -3.49. The molecule has 0 spiro atoms. The van der Waals surface area contributed by atoms with E-state index < -0.39 is 12.0 Å². The van der Waals surface area contributed by atoms with Gasteiger partial charge in [-0.05, 0) is 47.3 Å². The van der Waals surface area contributed by atoms with Crippen LogP contribution in [-0.2, 0) is 24.2 Å². The topological polar surface area (TPSA) is 102 Å².